The Balaban J connectivity index is 3.13. The third kappa shape index (κ3) is 4.30. The summed E-state index contributed by atoms with van der Waals surface area (Å²) in [7, 11) is 0. The summed E-state index contributed by atoms with van der Waals surface area (Å²) in [4.78, 5) is 31.5. The number of rotatable bonds is 6. The van der Waals surface area contributed by atoms with Crippen molar-refractivity contribution in [2.24, 2.45) is 0 Å². The van der Waals surface area contributed by atoms with E-state index in [1.807, 2.05) is 0 Å². The minimum Gasteiger partial charge on any atom is -0.356 e. The zero-order valence-corrected chi connectivity index (χ0v) is 12.8. The fourth-order valence-corrected chi connectivity index (χ4v) is 2.95. The quantitative estimate of drug-likeness (QED) is 0.370. The van der Waals surface area contributed by atoms with Crippen LogP contribution in [0.1, 0.15) is 12.5 Å². The number of hydrogen-bond donors (Lipinski definition) is 1. The second-order valence-corrected chi connectivity index (χ2v) is 5.54. The van der Waals surface area contributed by atoms with Crippen molar-refractivity contribution in [3.63, 3.8) is 0 Å². The van der Waals surface area contributed by atoms with E-state index in [1.54, 1.807) is 0 Å². The Labute approximate surface area is 129 Å². The van der Waals surface area contributed by atoms with Crippen LogP contribution in [-0.4, -0.2) is 28.1 Å². The maximum Gasteiger partial charge on any atom is 0.294 e. The normalized spacial score (nSPS) is 10.2. The summed E-state index contributed by atoms with van der Waals surface area (Å²) in [6.45, 7) is 2.98. The highest BCUT2D eigenvalue weighted by Crippen LogP contribution is 2.42. The molecule has 0 saturated heterocycles. The van der Waals surface area contributed by atoms with Crippen molar-refractivity contribution in [1.82, 2.24) is 5.32 Å². The molecule has 0 aliphatic heterocycles. The molecule has 0 radical (unpaired) electrons. The van der Waals surface area contributed by atoms with Crippen LogP contribution in [0.5, 0.6) is 0 Å². The highest BCUT2D eigenvalue weighted by atomic mass is 35.5. The van der Waals surface area contributed by atoms with E-state index in [-0.39, 0.29) is 27.1 Å². The molecule has 21 heavy (non-hydrogen) atoms. The predicted octanol–water partition coefficient (Wildman–Crippen LogP) is 2.69. The van der Waals surface area contributed by atoms with Gasteiger partial charge in [0.25, 0.3) is 11.4 Å². The van der Waals surface area contributed by atoms with Gasteiger partial charge in [-0.1, -0.05) is 11.6 Å². The largest absolute Gasteiger partial charge is 0.356 e. The lowest BCUT2D eigenvalue weighted by atomic mass is 10.1. The van der Waals surface area contributed by atoms with Gasteiger partial charge in [0.2, 0.25) is 5.91 Å². The first-order valence-electron chi connectivity index (χ1n) is 5.74. The van der Waals surface area contributed by atoms with Crippen LogP contribution in [-0.2, 0) is 4.79 Å². The molecule has 1 rings (SSSR count). The molecule has 0 aromatic heterocycles. The number of benzene rings is 1. The molecule has 1 aromatic carbocycles. The van der Waals surface area contributed by atoms with Crippen LogP contribution >= 0.6 is 23.4 Å². The van der Waals surface area contributed by atoms with Gasteiger partial charge in [0, 0.05) is 25.3 Å². The summed E-state index contributed by atoms with van der Waals surface area (Å²) in [6.07, 6.45) is 0. The monoisotopic (exact) mass is 333 g/mol. The molecule has 1 amide bonds. The lowest BCUT2D eigenvalue weighted by molar-refractivity contribution is -0.397. The molecule has 0 spiro atoms. The van der Waals surface area contributed by atoms with Gasteiger partial charge in [-0.2, -0.15) is 0 Å². The van der Waals surface area contributed by atoms with Crippen molar-refractivity contribution in [3.8, 4) is 0 Å². The van der Waals surface area contributed by atoms with Crippen molar-refractivity contribution in [3.05, 3.63) is 36.9 Å². The minimum atomic E-state index is -0.708. The van der Waals surface area contributed by atoms with Crippen LogP contribution in [0.3, 0.4) is 0 Å². The number of halogens is 1. The van der Waals surface area contributed by atoms with Crippen LogP contribution in [0.4, 0.5) is 11.4 Å². The SMILES string of the molecule is CC(=O)NCCSc1c(Cl)cc([N+](=O)[O-])c(C)c1[N+](=O)[O-]. The average Bonchev–Trinajstić information content (AvgIpc) is 2.36. The Morgan fingerprint density at radius 3 is 2.48 bits per heavy atom. The third-order valence-electron chi connectivity index (χ3n) is 2.54. The molecule has 0 fully saturated rings. The van der Waals surface area contributed by atoms with Crippen molar-refractivity contribution >= 4 is 40.6 Å². The van der Waals surface area contributed by atoms with Gasteiger partial charge >= 0.3 is 0 Å². The van der Waals surface area contributed by atoms with Gasteiger partial charge in [0.1, 0.15) is 10.5 Å². The molecule has 0 heterocycles. The van der Waals surface area contributed by atoms with Crippen molar-refractivity contribution < 1.29 is 14.6 Å². The molecule has 8 nitrogen and oxygen atoms in total. The molecule has 1 aromatic rings. The molecule has 10 heteroatoms. The van der Waals surface area contributed by atoms with E-state index in [2.05, 4.69) is 5.32 Å². The summed E-state index contributed by atoms with van der Waals surface area (Å²) in [5.74, 6) is 0.147. The smallest absolute Gasteiger partial charge is 0.294 e. The Hall–Kier alpha value is -1.87. The number of carbonyl (C=O) groups excluding carboxylic acids is 1. The summed E-state index contributed by atoms with van der Waals surface area (Å²) >= 11 is 6.99. The first-order chi connectivity index (χ1) is 9.75. The van der Waals surface area contributed by atoms with Gasteiger partial charge < -0.3 is 5.32 Å². The fourth-order valence-electron chi connectivity index (χ4n) is 1.63. The predicted molar refractivity (Wildman–Crippen MR) is 78.9 cm³/mol. The van der Waals surface area contributed by atoms with Crippen molar-refractivity contribution in [1.29, 1.82) is 0 Å². The van der Waals surface area contributed by atoms with E-state index in [9.17, 15) is 25.0 Å². The molecule has 0 saturated carbocycles. The Bertz CT molecular complexity index is 608. The number of nitro benzene ring substituents is 2. The average molecular weight is 334 g/mol. The molecule has 1 N–H and O–H groups in total. The van der Waals surface area contributed by atoms with Crippen LogP contribution < -0.4 is 5.32 Å². The van der Waals surface area contributed by atoms with E-state index in [0.29, 0.717) is 12.3 Å². The van der Waals surface area contributed by atoms with Crippen LogP contribution in [0.15, 0.2) is 11.0 Å². The lowest BCUT2D eigenvalue weighted by Gasteiger charge is -2.08. The fraction of sp³-hybridized carbons (Fsp3) is 0.364. The number of amides is 1. The number of nitrogens with one attached hydrogen (secondary N) is 1. The van der Waals surface area contributed by atoms with Crippen LogP contribution in [0.2, 0.25) is 5.02 Å². The lowest BCUT2D eigenvalue weighted by Crippen LogP contribution is -2.22. The van der Waals surface area contributed by atoms with Crippen LogP contribution in [0, 0.1) is 27.2 Å². The van der Waals surface area contributed by atoms with E-state index >= 15 is 0 Å². The number of thioether (sulfide) groups is 1. The number of nitro groups is 2. The second kappa shape index (κ2) is 7.23. The summed E-state index contributed by atoms with van der Waals surface area (Å²) < 4.78 is 0. The molecule has 0 unspecified atom stereocenters. The number of nitrogens with zero attached hydrogens (tertiary/aromatic N) is 2. The van der Waals surface area contributed by atoms with Gasteiger partial charge in [0.05, 0.1) is 14.9 Å². The zero-order chi connectivity index (χ0) is 16.2. The van der Waals surface area contributed by atoms with Gasteiger partial charge in [-0.25, -0.2) is 0 Å². The van der Waals surface area contributed by atoms with Crippen molar-refractivity contribution in [2.75, 3.05) is 12.3 Å². The third-order valence-corrected chi connectivity index (χ3v) is 4.06. The molecular weight excluding hydrogens is 322 g/mol. The maximum absolute atomic E-state index is 11.2. The zero-order valence-electron chi connectivity index (χ0n) is 11.2. The highest BCUT2D eigenvalue weighted by Gasteiger charge is 2.29. The second-order valence-electron chi connectivity index (χ2n) is 4.03. The Morgan fingerprint density at radius 2 is 2.00 bits per heavy atom. The van der Waals surface area contributed by atoms with E-state index in [0.717, 1.165) is 17.8 Å². The molecule has 0 atom stereocenters. The first kappa shape index (κ1) is 17.2. The van der Waals surface area contributed by atoms with E-state index in [4.69, 9.17) is 11.6 Å². The summed E-state index contributed by atoms with van der Waals surface area (Å²) in [6, 6.07) is 1.10. The summed E-state index contributed by atoms with van der Waals surface area (Å²) in [5, 5.41) is 24.5. The highest BCUT2D eigenvalue weighted by molar-refractivity contribution is 7.99. The maximum atomic E-state index is 11.2. The van der Waals surface area contributed by atoms with Gasteiger partial charge in [0.15, 0.2) is 0 Å². The first-order valence-corrected chi connectivity index (χ1v) is 7.11. The van der Waals surface area contributed by atoms with E-state index < -0.39 is 15.5 Å². The number of hydrogen-bond acceptors (Lipinski definition) is 6. The Morgan fingerprint density at radius 1 is 1.38 bits per heavy atom. The van der Waals surface area contributed by atoms with Gasteiger partial charge in [-0.05, 0) is 6.92 Å². The van der Waals surface area contributed by atoms with Gasteiger partial charge in [-0.15, -0.1) is 11.8 Å². The molecular formula is C11H12ClN3O5S. The molecule has 0 bridgehead atoms. The van der Waals surface area contributed by atoms with Crippen LogP contribution in [0.25, 0.3) is 0 Å². The standard InChI is InChI=1S/C11H12ClN3O5S/c1-6-9(14(17)18)5-8(12)11(10(6)15(19)20)21-4-3-13-7(2)16/h5H,3-4H2,1-2H3,(H,13,16). The molecule has 0 aliphatic rings. The molecule has 0 aliphatic carbocycles. The van der Waals surface area contributed by atoms with Gasteiger partial charge in [-0.3, -0.25) is 25.0 Å². The van der Waals surface area contributed by atoms with Crippen molar-refractivity contribution in [2.45, 2.75) is 18.7 Å². The Kier molecular flexibility index (Phi) is 5.91. The number of carbonyl (C=O) groups is 1. The minimum absolute atomic E-state index is 0.0450. The molecule has 114 valence electrons. The van der Waals surface area contributed by atoms with E-state index in [1.165, 1.54) is 13.8 Å². The summed E-state index contributed by atoms with van der Waals surface area (Å²) in [5.41, 5.74) is -0.809. The topological polar surface area (TPSA) is 115 Å².